The highest BCUT2D eigenvalue weighted by Crippen LogP contribution is 2.14. The molecule has 0 bridgehead atoms. The minimum atomic E-state index is -0.965. The highest BCUT2D eigenvalue weighted by molar-refractivity contribution is 6.35. The molecule has 4 aromatic rings. The predicted octanol–water partition coefficient (Wildman–Crippen LogP) is 3.29. The second kappa shape index (κ2) is 11.3. The normalized spacial score (nSPS) is 11.6. The van der Waals surface area contributed by atoms with Gasteiger partial charge in [0.25, 0.3) is 0 Å². The van der Waals surface area contributed by atoms with Gasteiger partial charge in [0.1, 0.15) is 0 Å². The van der Waals surface area contributed by atoms with E-state index in [-0.39, 0.29) is 0 Å². The van der Waals surface area contributed by atoms with Crippen LogP contribution < -0.4 is 22.3 Å². The molecule has 0 aliphatic carbocycles. The molecule has 4 aromatic carbocycles. The fourth-order valence-corrected chi connectivity index (χ4v) is 3.38. The molecule has 0 heterocycles. The van der Waals surface area contributed by atoms with Gasteiger partial charge in [-0.1, -0.05) is 84.9 Å². The zero-order valence-electron chi connectivity index (χ0n) is 19.3. The number of nitrogens with zero attached hydrogens (tertiary/aromatic N) is 2. The smallest absolute Gasteiger partial charge is 0.331 e. The van der Waals surface area contributed by atoms with Gasteiger partial charge in [0.05, 0.1) is 11.4 Å². The predicted molar refractivity (Wildman–Crippen MR) is 142 cm³/mol. The molecular formula is C28H24N6O2. The van der Waals surface area contributed by atoms with Gasteiger partial charge in [-0.2, -0.15) is 10.2 Å². The topological polar surface area (TPSA) is 135 Å². The van der Waals surface area contributed by atoms with Gasteiger partial charge in [-0.15, -0.1) is 0 Å². The molecule has 0 saturated carbocycles. The fraction of sp³-hybridized carbons (Fsp3) is 0. The second-order valence-electron chi connectivity index (χ2n) is 7.78. The lowest BCUT2D eigenvalue weighted by Crippen LogP contribution is -2.36. The standard InChI is InChI=1S/C28H24N6O2/c29-23-15-11-21(12-16-23)25(19-7-3-1-4-8-19)31-33-27(35)28(36)34-32-26(20-9-5-2-6-10-20)22-13-17-24(30)18-14-22/h1-18H,29-30H2,(H,33,35)(H,34,36)/b31-25-,32-26-. The van der Waals surface area contributed by atoms with Crippen LogP contribution in [-0.4, -0.2) is 23.2 Å². The summed E-state index contributed by atoms with van der Waals surface area (Å²) in [4.78, 5) is 25.1. The third-order valence-electron chi connectivity index (χ3n) is 5.21. The Labute approximate surface area is 208 Å². The van der Waals surface area contributed by atoms with Crippen LogP contribution in [-0.2, 0) is 9.59 Å². The van der Waals surface area contributed by atoms with Crippen LogP contribution in [0, 0.1) is 0 Å². The number of hydrogen-bond acceptors (Lipinski definition) is 6. The summed E-state index contributed by atoms with van der Waals surface area (Å²) in [6, 6.07) is 32.7. The Morgan fingerprint density at radius 2 is 0.778 bits per heavy atom. The van der Waals surface area contributed by atoms with Crippen LogP contribution in [0.25, 0.3) is 0 Å². The quantitative estimate of drug-likeness (QED) is 0.147. The molecular weight excluding hydrogens is 452 g/mol. The lowest BCUT2D eigenvalue weighted by atomic mass is 10.0. The van der Waals surface area contributed by atoms with Gasteiger partial charge in [-0.3, -0.25) is 9.59 Å². The summed E-state index contributed by atoms with van der Waals surface area (Å²) in [5, 5.41) is 8.44. The van der Waals surface area contributed by atoms with Crippen molar-refractivity contribution in [3.8, 4) is 0 Å². The largest absolute Gasteiger partial charge is 0.399 e. The minimum Gasteiger partial charge on any atom is -0.399 e. The first kappa shape index (κ1) is 23.9. The second-order valence-corrected chi connectivity index (χ2v) is 7.78. The van der Waals surface area contributed by atoms with Crippen molar-refractivity contribution in [2.24, 2.45) is 10.2 Å². The molecule has 36 heavy (non-hydrogen) atoms. The average Bonchev–Trinajstić information content (AvgIpc) is 2.92. The molecule has 0 atom stereocenters. The van der Waals surface area contributed by atoms with Crippen LogP contribution in [0.15, 0.2) is 119 Å². The number of benzene rings is 4. The Morgan fingerprint density at radius 3 is 1.11 bits per heavy atom. The highest BCUT2D eigenvalue weighted by atomic mass is 16.2. The molecule has 0 radical (unpaired) electrons. The van der Waals surface area contributed by atoms with Crippen molar-refractivity contribution >= 4 is 34.6 Å². The minimum absolute atomic E-state index is 0.479. The molecule has 0 saturated heterocycles. The van der Waals surface area contributed by atoms with Crippen molar-refractivity contribution in [2.45, 2.75) is 0 Å². The molecule has 2 amide bonds. The van der Waals surface area contributed by atoms with Crippen LogP contribution in [0.3, 0.4) is 0 Å². The summed E-state index contributed by atoms with van der Waals surface area (Å²) in [5.74, 6) is -1.93. The summed E-state index contributed by atoms with van der Waals surface area (Å²) in [7, 11) is 0. The molecule has 178 valence electrons. The molecule has 0 aliphatic rings. The molecule has 0 unspecified atom stereocenters. The number of carbonyl (C=O) groups excluding carboxylic acids is 2. The Hall–Kier alpha value is -5.24. The summed E-state index contributed by atoms with van der Waals surface area (Å²) in [6.07, 6.45) is 0. The first-order valence-corrected chi connectivity index (χ1v) is 11.1. The van der Waals surface area contributed by atoms with Crippen LogP contribution in [0.1, 0.15) is 22.3 Å². The Kier molecular flexibility index (Phi) is 7.47. The van der Waals surface area contributed by atoms with E-state index in [1.807, 2.05) is 60.7 Å². The van der Waals surface area contributed by atoms with Crippen molar-refractivity contribution in [1.29, 1.82) is 0 Å². The number of nitrogens with one attached hydrogen (secondary N) is 2. The number of hydrogen-bond donors (Lipinski definition) is 4. The number of carbonyl (C=O) groups is 2. The number of nitrogens with two attached hydrogens (primary N) is 2. The maximum Gasteiger partial charge on any atom is 0.331 e. The molecule has 8 nitrogen and oxygen atoms in total. The zero-order valence-corrected chi connectivity index (χ0v) is 19.3. The van der Waals surface area contributed by atoms with E-state index in [1.54, 1.807) is 48.5 Å². The summed E-state index contributed by atoms with van der Waals surface area (Å²) >= 11 is 0. The van der Waals surface area contributed by atoms with Crippen molar-refractivity contribution in [3.05, 3.63) is 131 Å². The number of anilines is 2. The van der Waals surface area contributed by atoms with Gasteiger partial charge in [-0.05, 0) is 24.3 Å². The lowest BCUT2D eigenvalue weighted by Gasteiger charge is -2.09. The summed E-state index contributed by atoms with van der Waals surface area (Å²) in [5.41, 5.74) is 21.4. The molecule has 0 fully saturated rings. The lowest BCUT2D eigenvalue weighted by molar-refractivity contribution is -0.139. The van der Waals surface area contributed by atoms with E-state index in [9.17, 15) is 9.59 Å². The van der Waals surface area contributed by atoms with Gasteiger partial charge in [0, 0.05) is 33.6 Å². The van der Waals surface area contributed by atoms with Crippen molar-refractivity contribution in [2.75, 3.05) is 11.5 Å². The van der Waals surface area contributed by atoms with Gasteiger partial charge in [0.15, 0.2) is 0 Å². The number of hydrazone groups is 2. The number of rotatable bonds is 6. The van der Waals surface area contributed by atoms with E-state index >= 15 is 0 Å². The molecule has 0 aromatic heterocycles. The third kappa shape index (κ3) is 6.00. The third-order valence-corrected chi connectivity index (χ3v) is 5.21. The summed E-state index contributed by atoms with van der Waals surface area (Å²) < 4.78 is 0. The van der Waals surface area contributed by atoms with E-state index in [2.05, 4.69) is 21.1 Å². The first-order chi connectivity index (χ1) is 17.5. The van der Waals surface area contributed by atoms with E-state index in [0.717, 1.165) is 22.3 Å². The number of amides is 2. The number of nitrogen functional groups attached to an aromatic ring is 2. The molecule has 0 spiro atoms. The van der Waals surface area contributed by atoms with Crippen LogP contribution >= 0.6 is 0 Å². The summed E-state index contributed by atoms with van der Waals surface area (Å²) in [6.45, 7) is 0. The van der Waals surface area contributed by atoms with Crippen molar-refractivity contribution < 1.29 is 9.59 Å². The van der Waals surface area contributed by atoms with E-state index in [0.29, 0.717) is 22.8 Å². The first-order valence-electron chi connectivity index (χ1n) is 11.1. The molecule has 4 rings (SSSR count). The highest BCUT2D eigenvalue weighted by Gasteiger charge is 2.15. The van der Waals surface area contributed by atoms with E-state index < -0.39 is 11.8 Å². The SMILES string of the molecule is Nc1ccc(/C(=N\NC(=O)C(=O)N/N=C(/c2ccccc2)c2ccc(N)cc2)c2ccccc2)cc1. The zero-order chi connectivity index (χ0) is 25.3. The molecule has 0 aliphatic heterocycles. The Bertz CT molecular complexity index is 1290. The van der Waals surface area contributed by atoms with Gasteiger partial charge < -0.3 is 11.5 Å². The molecule has 6 N–H and O–H groups in total. The van der Waals surface area contributed by atoms with Gasteiger partial charge in [-0.25, -0.2) is 10.9 Å². The maximum atomic E-state index is 12.6. The van der Waals surface area contributed by atoms with E-state index in [1.165, 1.54) is 0 Å². The van der Waals surface area contributed by atoms with Crippen molar-refractivity contribution in [1.82, 2.24) is 10.9 Å². The maximum absolute atomic E-state index is 12.6. The van der Waals surface area contributed by atoms with Crippen LogP contribution in [0.4, 0.5) is 11.4 Å². The Balaban J connectivity index is 1.55. The average molecular weight is 477 g/mol. The Morgan fingerprint density at radius 1 is 0.472 bits per heavy atom. The van der Waals surface area contributed by atoms with E-state index in [4.69, 9.17) is 11.5 Å². The van der Waals surface area contributed by atoms with Crippen LogP contribution in [0.5, 0.6) is 0 Å². The molecule has 8 heteroatoms. The fourth-order valence-electron chi connectivity index (χ4n) is 3.38. The monoisotopic (exact) mass is 476 g/mol. The van der Waals surface area contributed by atoms with Crippen molar-refractivity contribution in [3.63, 3.8) is 0 Å². The van der Waals surface area contributed by atoms with Gasteiger partial charge >= 0.3 is 11.8 Å². The van der Waals surface area contributed by atoms with Crippen LogP contribution in [0.2, 0.25) is 0 Å². The van der Waals surface area contributed by atoms with Gasteiger partial charge in [0.2, 0.25) is 0 Å².